The first-order valence-corrected chi connectivity index (χ1v) is 14.5. The Morgan fingerprint density at radius 3 is 2.50 bits per heavy atom. The molecule has 1 aliphatic carbocycles. The van der Waals surface area contributed by atoms with E-state index in [1.807, 2.05) is 37.9 Å². The Morgan fingerprint density at radius 1 is 1.11 bits per heavy atom. The first-order chi connectivity index (χ1) is 21.1. The van der Waals surface area contributed by atoms with E-state index in [2.05, 4.69) is 21.1 Å². The number of fused-ring (bicyclic) bond motifs is 1. The number of rotatable bonds is 8. The van der Waals surface area contributed by atoms with Crippen LogP contribution in [0.5, 0.6) is 5.88 Å². The molecule has 0 atom stereocenters. The highest BCUT2D eigenvalue weighted by atomic mass is 19.4. The number of imidazole rings is 1. The number of aromatic nitrogens is 6. The van der Waals surface area contributed by atoms with E-state index in [-0.39, 0.29) is 11.9 Å². The molecular formula is C31H32F3N9O. The zero-order chi connectivity index (χ0) is 31.2. The SMILES string of the molecule is COc1ncnc(C2CC2)c1-c1nc2c(c(N(C)Cc3ccc(-c4nc(C(F)(F)F)cn4C(C)C)cc3)n1)CN(C#N)CC2. The molecule has 4 aromatic rings. The van der Waals surface area contributed by atoms with E-state index in [0.29, 0.717) is 60.6 Å². The number of alkyl halides is 3. The minimum atomic E-state index is -4.52. The van der Waals surface area contributed by atoms with Crippen LogP contribution < -0.4 is 9.64 Å². The van der Waals surface area contributed by atoms with Crippen molar-refractivity contribution < 1.29 is 17.9 Å². The molecule has 1 saturated carbocycles. The normalized spacial score (nSPS) is 14.8. The van der Waals surface area contributed by atoms with Crippen molar-refractivity contribution in [2.45, 2.75) is 64.3 Å². The Hall–Kier alpha value is -4.73. The number of hydrogen-bond acceptors (Lipinski definition) is 9. The fraction of sp³-hybridized carbons (Fsp3) is 0.419. The summed E-state index contributed by atoms with van der Waals surface area (Å²) in [5.41, 5.74) is 3.93. The van der Waals surface area contributed by atoms with Crippen LogP contribution in [0, 0.1) is 11.5 Å². The lowest BCUT2D eigenvalue weighted by Crippen LogP contribution is -2.30. The Bertz CT molecular complexity index is 1720. The molecule has 13 heteroatoms. The van der Waals surface area contributed by atoms with Gasteiger partial charge in [0, 0.05) is 55.8 Å². The molecule has 0 unspecified atom stereocenters. The topological polar surface area (TPSA) is 109 Å². The number of hydrogen-bond donors (Lipinski definition) is 0. The highest BCUT2D eigenvalue weighted by molar-refractivity contribution is 5.69. The van der Waals surface area contributed by atoms with Gasteiger partial charge in [0.2, 0.25) is 5.88 Å². The van der Waals surface area contributed by atoms with Gasteiger partial charge in [-0.1, -0.05) is 24.3 Å². The van der Waals surface area contributed by atoms with Crippen molar-refractivity contribution in [3.05, 3.63) is 65.0 Å². The lowest BCUT2D eigenvalue weighted by Gasteiger charge is -2.29. The van der Waals surface area contributed by atoms with Crippen LogP contribution in [0.25, 0.3) is 22.8 Å². The number of methoxy groups -OCH3 is 1. The third kappa shape index (κ3) is 5.64. The summed E-state index contributed by atoms with van der Waals surface area (Å²) in [6.45, 7) is 5.06. The van der Waals surface area contributed by atoms with E-state index in [9.17, 15) is 18.4 Å². The summed E-state index contributed by atoms with van der Waals surface area (Å²) in [4.78, 5) is 26.5. The van der Waals surface area contributed by atoms with E-state index >= 15 is 0 Å². The zero-order valence-electron chi connectivity index (χ0n) is 24.9. The van der Waals surface area contributed by atoms with Crippen molar-refractivity contribution in [1.29, 1.82) is 5.26 Å². The Labute approximate surface area is 253 Å². The number of nitriles is 1. The second-order valence-electron chi connectivity index (χ2n) is 11.5. The summed E-state index contributed by atoms with van der Waals surface area (Å²) in [7, 11) is 3.49. The highest BCUT2D eigenvalue weighted by Gasteiger charge is 2.36. The fourth-order valence-electron chi connectivity index (χ4n) is 5.57. The number of anilines is 1. The zero-order valence-corrected chi connectivity index (χ0v) is 24.9. The van der Waals surface area contributed by atoms with Gasteiger partial charge in [-0.3, -0.25) is 0 Å². The number of nitrogens with zero attached hydrogens (tertiary/aromatic N) is 9. The first-order valence-electron chi connectivity index (χ1n) is 14.5. The van der Waals surface area contributed by atoms with Gasteiger partial charge >= 0.3 is 6.18 Å². The van der Waals surface area contributed by atoms with Crippen LogP contribution in [-0.2, 0) is 25.7 Å². The summed E-state index contributed by atoms with van der Waals surface area (Å²) in [5.74, 6) is 2.19. The molecule has 10 nitrogen and oxygen atoms in total. The molecule has 0 amide bonds. The molecule has 44 heavy (non-hydrogen) atoms. The van der Waals surface area contributed by atoms with Gasteiger partial charge < -0.3 is 19.1 Å². The molecule has 0 saturated heterocycles. The van der Waals surface area contributed by atoms with Crippen LogP contribution in [0.4, 0.5) is 19.0 Å². The van der Waals surface area contributed by atoms with E-state index in [4.69, 9.17) is 14.7 Å². The minimum absolute atomic E-state index is 0.195. The minimum Gasteiger partial charge on any atom is -0.480 e. The van der Waals surface area contributed by atoms with Gasteiger partial charge in [0.15, 0.2) is 17.7 Å². The number of halogens is 3. The molecule has 4 heterocycles. The van der Waals surface area contributed by atoms with Crippen LogP contribution >= 0.6 is 0 Å². The lowest BCUT2D eigenvalue weighted by molar-refractivity contribution is -0.140. The molecule has 0 radical (unpaired) electrons. The first kappa shape index (κ1) is 29.3. The van der Waals surface area contributed by atoms with E-state index in [1.54, 1.807) is 24.1 Å². The van der Waals surface area contributed by atoms with E-state index < -0.39 is 11.9 Å². The average Bonchev–Trinajstić information content (AvgIpc) is 3.76. The van der Waals surface area contributed by atoms with Crippen LogP contribution in [0.3, 0.4) is 0 Å². The summed E-state index contributed by atoms with van der Waals surface area (Å²) < 4.78 is 47.4. The van der Waals surface area contributed by atoms with Crippen LogP contribution in [0.1, 0.15) is 66.9 Å². The van der Waals surface area contributed by atoms with Crippen molar-refractivity contribution in [3.63, 3.8) is 0 Å². The van der Waals surface area contributed by atoms with Gasteiger partial charge in [-0.15, -0.1) is 0 Å². The third-order valence-electron chi connectivity index (χ3n) is 7.98. The van der Waals surface area contributed by atoms with Crippen LogP contribution in [0.2, 0.25) is 0 Å². The molecule has 6 rings (SSSR count). The highest BCUT2D eigenvalue weighted by Crippen LogP contribution is 2.45. The number of ether oxygens (including phenoxy) is 1. The molecule has 0 N–H and O–H groups in total. The summed E-state index contributed by atoms with van der Waals surface area (Å²) in [6.07, 6.45) is 2.94. The Morgan fingerprint density at radius 2 is 1.86 bits per heavy atom. The van der Waals surface area contributed by atoms with E-state index in [0.717, 1.165) is 41.6 Å². The van der Waals surface area contributed by atoms with Gasteiger partial charge in [-0.25, -0.2) is 24.9 Å². The number of benzene rings is 1. The smallest absolute Gasteiger partial charge is 0.434 e. The lowest BCUT2D eigenvalue weighted by atomic mass is 10.0. The van der Waals surface area contributed by atoms with Gasteiger partial charge in [0.05, 0.1) is 25.0 Å². The van der Waals surface area contributed by atoms with E-state index in [1.165, 1.54) is 10.9 Å². The van der Waals surface area contributed by atoms with Crippen molar-refractivity contribution in [1.82, 2.24) is 34.4 Å². The van der Waals surface area contributed by atoms with Crippen molar-refractivity contribution in [3.8, 4) is 34.8 Å². The molecule has 0 bridgehead atoms. The van der Waals surface area contributed by atoms with Crippen molar-refractivity contribution in [2.24, 2.45) is 0 Å². The standard InChI is InChI=1S/C31H32F3N9O/c1-18(2)43-15-24(31(32,33)34)39-28(43)21-7-5-19(6-8-21)13-41(3)29-22-14-42(16-35)12-11-23(22)38-27(40-29)25-26(20-9-10-20)36-17-37-30(25)44-4/h5-8,15,17-18,20H,9-14H2,1-4H3. The molecule has 228 valence electrons. The summed E-state index contributed by atoms with van der Waals surface area (Å²) >= 11 is 0. The average molecular weight is 604 g/mol. The molecule has 1 aromatic carbocycles. The van der Waals surface area contributed by atoms with Gasteiger partial charge in [-0.2, -0.15) is 18.4 Å². The molecule has 1 aliphatic heterocycles. The van der Waals surface area contributed by atoms with Crippen molar-refractivity contribution in [2.75, 3.05) is 25.6 Å². The Kier molecular flexibility index (Phi) is 7.61. The van der Waals surface area contributed by atoms with Gasteiger partial charge in [0.1, 0.15) is 23.5 Å². The van der Waals surface area contributed by atoms with Gasteiger partial charge in [0.25, 0.3) is 0 Å². The van der Waals surface area contributed by atoms with Crippen LogP contribution in [0.15, 0.2) is 36.8 Å². The largest absolute Gasteiger partial charge is 0.480 e. The summed E-state index contributed by atoms with van der Waals surface area (Å²) in [5, 5.41) is 9.63. The maximum Gasteiger partial charge on any atom is 0.434 e. The monoisotopic (exact) mass is 603 g/mol. The maximum absolute atomic E-state index is 13.4. The molecule has 3 aromatic heterocycles. The maximum atomic E-state index is 13.4. The second-order valence-corrected chi connectivity index (χ2v) is 11.5. The molecular weight excluding hydrogens is 571 g/mol. The quantitative estimate of drug-likeness (QED) is 0.232. The third-order valence-corrected chi connectivity index (χ3v) is 7.98. The predicted molar refractivity (Wildman–Crippen MR) is 156 cm³/mol. The summed E-state index contributed by atoms with van der Waals surface area (Å²) in [6, 6.07) is 7.15. The molecule has 2 aliphatic rings. The van der Waals surface area contributed by atoms with Crippen LogP contribution in [-0.4, -0.2) is 55.1 Å². The van der Waals surface area contributed by atoms with Crippen molar-refractivity contribution >= 4 is 5.82 Å². The predicted octanol–water partition coefficient (Wildman–Crippen LogP) is 5.76. The Balaban J connectivity index is 1.35. The second kappa shape index (κ2) is 11.4. The molecule has 0 spiro atoms. The van der Waals surface area contributed by atoms with Gasteiger partial charge in [-0.05, 0) is 32.3 Å². The fourth-order valence-corrected chi connectivity index (χ4v) is 5.57. The molecule has 1 fully saturated rings.